The Hall–Kier alpha value is -5.36. The van der Waals surface area contributed by atoms with Crippen LogP contribution >= 0.6 is 0 Å². The van der Waals surface area contributed by atoms with Gasteiger partial charge < -0.3 is 33.9 Å². The first kappa shape index (κ1) is 37.4. The van der Waals surface area contributed by atoms with Gasteiger partial charge in [0.15, 0.2) is 17.7 Å². The average molecular weight is 725 g/mol. The van der Waals surface area contributed by atoms with Crippen LogP contribution < -0.4 is 19.1 Å². The van der Waals surface area contributed by atoms with Gasteiger partial charge in [0.2, 0.25) is 0 Å². The van der Waals surface area contributed by atoms with Crippen LogP contribution in [-0.4, -0.2) is 84.3 Å². The van der Waals surface area contributed by atoms with Crippen LogP contribution in [0.15, 0.2) is 77.1 Å². The van der Waals surface area contributed by atoms with Gasteiger partial charge in [0.1, 0.15) is 5.75 Å². The number of ether oxygens (including phenoxy) is 4. The molecule has 0 aromatic heterocycles. The molecule has 53 heavy (non-hydrogen) atoms. The summed E-state index contributed by atoms with van der Waals surface area (Å²) in [6.07, 6.45) is 15.1. The highest BCUT2D eigenvalue weighted by molar-refractivity contribution is 6.06. The Bertz CT molecular complexity index is 1900. The number of rotatable bonds is 13. The molecule has 2 aromatic carbocycles. The molecule has 12 nitrogen and oxygen atoms in total. The Kier molecular flexibility index (Phi) is 11.7. The predicted octanol–water partition coefficient (Wildman–Crippen LogP) is 7.38. The fourth-order valence-corrected chi connectivity index (χ4v) is 7.05. The highest BCUT2D eigenvalue weighted by Crippen LogP contribution is 2.41. The summed E-state index contributed by atoms with van der Waals surface area (Å²) in [6.45, 7) is 8.59. The number of allylic oxidation sites excluding steroid dienone is 4. The minimum atomic E-state index is -1.32. The largest absolute Gasteiger partial charge is 0.493 e. The number of aliphatic hydroxyl groups is 1. The molecule has 2 aromatic rings. The third kappa shape index (κ3) is 7.73. The number of aliphatic hydroxyl groups excluding tert-OH is 1. The number of methoxy groups -OCH3 is 1. The van der Waals surface area contributed by atoms with Crippen LogP contribution in [0.1, 0.15) is 85.6 Å². The van der Waals surface area contributed by atoms with Gasteiger partial charge in [0, 0.05) is 30.7 Å². The van der Waals surface area contributed by atoms with Crippen molar-refractivity contribution in [1.82, 2.24) is 9.80 Å². The second kappa shape index (κ2) is 16.5. The van der Waals surface area contributed by atoms with Crippen LogP contribution in [0.3, 0.4) is 0 Å². The van der Waals surface area contributed by atoms with Crippen molar-refractivity contribution < 1.29 is 38.4 Å². The van der Waals surface area contributed by atoms with Gasteiger partial charge in [-0.15, -0.1) is 0 Å². The molecule has 0 radical (unpaired) electrons. The van der Waals surface area contributed by atoms with E-state index in [1.807, 2.05) is 64.4 Å². The Balaban J connectivity index is 1.08. The first-order chi connectivity index (χ1) is 25.7. The molecule has 6 rings (SSSR count). The third-order valence-electron chi connectivity index (χ3n) is 9.66. The number of carbonyl (C=O) groups is 3. The molecule has 4 aliphatic rings. The maximum Gasteiger partial charge on any atom is 0.416 e. The van der Waals surface area contributed by atoms with Crippen LogP contribution in [0.2, 0.25) is 0 Å². The van der Waals surface area contributed by atoms with Crippen LogP contribution in [0.5, 0.6) is 17.2 Å². The van der Waals surface area contributed by atoms with Gasteiger partial charge in [0.25, 0.3) is 11.8 Å². The number of aliphatic imine (C=N–C) groups is 1. The summed E-state index contributed by atoms with van der Waals surface area (Å²) in [4.78, 5) is 49.6. The first-order valence-corrected chi connectivity index (χ1v) is 18.3. The molecule has 0 spiro atoms. The van der Waals surface area contributed by atoms with E-state index in [2.05, 4.69) is 4.99 Å². The summed E-state index contributed by atoms with van der Waals surface area (Å²) < 4.78 is 23.3. The maximum atomic E-state index is 13.8. The highest BCUT2D eigenvalue weighted by Gasteiger charge is 2.45. The molecule has 3 amide bonds. The minimum absolute atomic E-state index is 0.125. The van der Waals surface area contributed by atoms with Gasteiger partial charge in [-0.05, 0) is 88.1 Å². The fraction of sp³-hybridized carbons (Fsp3) is 0.415. The molecule has 280 valence electrons. The van der Waals surface area contributed by atoms with E-state index < -0.39 is 18.4 Å². The normalized spacial score (nSPS) is 20.5. The van der Waals surface area contributed by atoms with E-state index in [4.69, 9.17) is 18.9 Å². The molecule has 0 fully saturated rings. The summed E-state index contributed by atoms with van der Waals surface area (Å²) in [7, 11) is 1.55. The van der Waals surface area contributed by atoms with Crippen LogP contribution in [0, 0.1) is 6.92 Å². The number of carbonyl (C=O) groups excluding carboxylic acids is 3. The summed E-state index contributed by atoms with van der Waals surface area (Å²) in [5.74, 6) is 1.08. The van der Waals surface area contributed by atoms with Crippen molar-refractivity contribution in [3.8, 4) is 17.2 Å². The van der Waals surface area contributed by atoms with Crippen molar-refractivity contribution in [2.75, 3.05) is 31.8 Å². The van der Waals surface area contributed by atoms with Gasteiger partial charge in [-0.1, -0.05) is 31.2 Å². The number of anilines is 1. The van der Waals surface area contributed by atoms with Crippen molar-refractivity contribution in [1.29, 1.82) is 0 Å². The van der Waals surface area contributed by atoms with Crippen molar-refractivity contribution in [2.45, 2.75) is 84.5 Å². The Morgan fingerprint density at radius 3 is 2.25 bits per heavy atom. The van der Waals surface area contributed by atoms with Crippen LogP contribution in [-0.2, 0) is 4.74 Å². The Morgan fingerprint density at radius 1 is 0.868 bits per heavy atom. The van der Waals surface area contributed by atoms with E-state index in [1.54, 1.807) is 42.5 Å². The first-order valence-electron chi connectivity index (χ1n) is 18.3. The van der Waals surface area contributed by atoms with E-state index in [0.29, 0.717) is 66.5 Å². The number of aryl methyl sites for hydroxylation is 1. The lowest BCUT2D eigenvalue weighted by Gasteiger charge is -2.31. The van der Waals surface area contributed by atoms with Crippen molar-refractivity contribution >= 4 is 35.5 Å². The van der Waals surface area contributed by atoms with Crippen molar-refractivity contribution in [2.24, 2.45) is 4.99 Å². The Labute approximate surface area is 310 Å². The van der Waals surface area contributed by atoms with Crippen LogP contribution in [0.25, 0.3) is 0 Å². The van der Waals surface area contributed by atoms with Gasteiger partial charge >= 0.3 is 6.09 Å². The Morgan fingerprint density at radius 2 is 1.55 bits per heavy atom. The number of fused-ring (bicyclic) bond motifs is 4. The molecule has 3 atom stereocenters. The lowest BCUT2D eigenvalue weighted by Crippen LogP contribution is -2.50. The molecule has 12 heteroatoms. The quantitative estimate of drug-likeness (QED) is 0.212. The number of benzene rings is 2. The molecule has 4 heterocycles. The maximum absolute atomic E-state index is 13.8. The summed E-state index contributed by atoms with van der Waals surface area (Å²) in [5.41, 5.74) is 4.26. The van der Waals surface area contributed by atoms with E-state index >= 15 is 0 Å². The molecule has 4 aliphatic heterocycles. The summed E-state index contributed by atoms with van der Waals surface area (Å²) in [5, 5.41) is 11.5. The molecule has 0 aliphatic carbocycles. The second-order valence-corrected chi connectivity index (χ2v) is 13.5. The number of hydrogen-bond donors (Lipinski definition) is 1. The molecule has 0 saturated carbocycles. The van der Waals surface area contributed by atoms with Gasteiger partial charge in [-0.25, -0.2) is 9.69 Å². The fourth-order valence-electron chi connectivity index (χ4n) is 7.05. The average Bonchev–Trinajstić information content (AvgIpc) is 3.72. The second-order valence-electron chi connectivity index (χ2n) is 13.5. The van der Waals surface area contributed by atoms with Crippen molar-refractivity contribution in [3.05, 3.63) is 88.8 Å². The van der Waals surface area contributed by atoms with Crippen molar-refractivity contribution in [3.63, 3.8) is 0 Å². The zero-order chi connectivity index (χ0) is 37.6. The van der Waals surface area contributed by atoms with Gasteiger partial charge in [0.05, 0.1) is 61.5 Å². The molecule has 1 unspecified atom stereocenters. The molecular formula is C41H48N4O8. The highest BCUT2D eigenvalue weighted by atomic mass is 16.6. The number of unbranched alkanes of at least 4 members (excludes halogenated alkanes) is 2. The van der Waals surface area contributed by atoms with Gasteiger partial charge in [-0.2, -0.15) is 0 Å². The van der Waals surface area contributed by atoms with Crippen LogP contribution in [0.4, 0.5) is 16.2 Å². The van der Waals surface area contributed by atoms with E-state index in [1.165, 1.54) is 9.80 Å². The third-order valence-corrected chi connectivity index (χ3v) is 9.66. The van der Waals surface area contributed by atoms with E-state index in [-0.39, 0.29) is 30.2 Å². The lowest BCUT2D eigenvalue weighted by atomic mass is 10.1. The van der Waals surface area contributed by atoms with E-state index in [0.717, 1.165) is 36.0 Å². The monoisotopic (exact) mass is 724 g/mol. The summed E-state index contributed by atoms with van der Waals surface area (Å²) in [6, 6.07) is 6.04. The topological polar surface area (TPSA) is 130 Å². The molecular weight excluding hydrogens is 676 g/mol. The number of hydrogen-bond acceptors (Lipinski definition) is 9. The van der Waals surface area contributed by atoms with E-state index in [9.17, 15) is 19.5 Å². The number of amides is 3. The minimum Gasteiger partial charge on any atom is -0.493 e. The number of nitrogens with zero attached hydrogens (tertiary/aromatic N) is 4. The SMILES string of the molecule is C/C=C/C1=CN2C(=O)c3cc(OC)c(OCCCCCOc4cc5c(cc4C)C(=O)N4C=C(/C=C/C)C[C@H]4C(O)N5C(=O)OCCC)cc3N=C[C@@H]2C1. The zero-order valence-corrected chi connectivity index (χ0v) is 31.0. The smallest absolute Gasteiger partial charge is 0.416 e. The standard InChI is InChI=1S/C41H48N4O8/c1-6-12-27-18-29-23-42-32-21-37(36(50-5)20-30(32)38(46)43(29)24-27)52-16-11-9-10-15-51-35-22-33-31(17-26(35)4)39(47)44-25-28(13-7-2)19-34(44)40(48)45(33)41(49)53-14-8-3/h6-7,12-13,17,20-25,29,34,40,48H,8-11,14-16,18-19H2,1-5H3/b12-6+,13-7+/t29-,34-,40?/m0/s1. The molecule has 1 N–H and O–H groups in total. The zero-order valence-electron chi connectivity index (χ0n) is 31.0. The lowest BCUT2D eigenvalue weighted by molar-refractivity contribution is 0.0550. The van der Waals surface area contributed by atoms with Gasteiger partial charge in [-0.3, -0.25) is 14.6 Å². The molecule has 0 saturated heterocycles. The summed E-state index contributed by atoms with van der Waals surface area (Å²) >= 11 is 0. The predicted molar refractivity (Wildman–Crippen MR) is 202 cm³/mol. The molecule has 0 bridgehead atoms.